The molecule has 1 N–H and O–H groups in total. The van der Waals surface area contributed by atoms with E-state index < -0.39 is 0 Å². The van der Waals surface area contributed by atoms with E-state index >= 15 is 0 Å². The van der Waals surface area contributed by atoms with Gasteiger partial charge in [0.1, 0.15) is 12.2 Å². The second kappa shape index (κ2) is 4.31. The molecule has 0 aromatic carbocycles. The minimum absolute atomic E-state index is 0.294. The molecule has 1 fully saturated rings. The summed E-state index contributed by atoms with van der Waals surface area (Å²) in [5.41, 5.74) is 0. The van der Waals surface area contributed by atoms with E-state index in [9.17, 15) is 0 Å². The van der Waals surface area contributed by atoms with Crippen molar-refractivity contribution in [2.75, 3.05) is 0 Å². The molecule has 0 saturated heterocycles. The van der Waals surface area contributed by atoms with Gasteiger partial charge < -0.3 is 9.88 Å². The highest BCUT2D eigenvalue weighted by molar-refractivity contribution is 4.94. The summed E-state index contributed by atoms with van der Waals surface area (Å²) in [5, 5.41) is 11.7. The summed E-state index contributed by atoms with van der Waals surface area (Å²) in [6.07, 6.45) is 5.75. The third-order valence-electron chi connectivity index (χ3n) is 3.46. The number of rotatable bonds is 3. The van der Waals surface area contributed by atoms with Crippen LogP contribution in [0.2, 0.25) is 0 Å². The second-order valence-electron chi connectivity index (χ2n) is 4.70. The number of aromatic nitrogens is 3. The minimum Gasteiger partial charge on any atom is -0.319 e. The highest BCUT2D eigenvalue weighted by Gasteiger charge is 2.25. The fourth-order valence-corrected chi connectivity index (χ4v) is 2.47. The van der Waals surface area contributed by atoms with E-state index in [0.717, 1.165) is 11.7 Å². The van der Waals surface area contributed by atoms with Crippen LogP contribution in [0.3, 0.4) is 0 Å². The summed E-state index contributed by atoms with van der Waals surface area (Å²) in [5.74, 6) is 1.81. The summed E-state index contributed by atoms with van der Waals surface area (Å²) in [6, 6.07) is 0.944. The van der Waals surface area contributed by atoms with Crippen molar-refractivity contribution < 1.29 is 0 Å². The SMILES string of the molecule is CC(NC1CCCC1C)c1nncn1C. The lowest BCUT2D eigenvalue weighted by Gasteiger charge is -2.22. The molecule has 84 valence electrons. The van der Waals surface area contributed by atoms with Crippen LogP contribution in [0.15, 0.2) is 6.33 Å². The number of nitrogens with zero attached hydrogens (tertiary/aromatic N) is 3. The van der Waals surface area contributed by atoms with E-state index in [0.29, 0.717) is 12.1 Å². The van der Waals surface area contributed by atoms with Crippen LogP contribution in [0.25, 0.3) is 0 Å². The zero-order chi connectivity index (χ0) is 10.8. The van der Waals surface area contributed by atoms with Crippen molar-refractivity contribution in [1.29, 1.82) is 0 Å². The molecule has 1 aliphatic carbocycles. The van der Waals surface area contributed by atoms with Crippen LogP contribution >= 0.6 is 0 Å². The molecule has 2 rings (SSSR count). The Morgan fingerprint density at radius 1 is 1.53 bits per heavy atom. The lowest BCUT2D eigenvalue weighted by molar-refractivity contribution is 0.376. The number of hydrogen-bond acceptors (Lipinski definition) is 3. The molecule has 4 nitrogen and oxygen atoms in total. The summed E-state index contributed by atoms with van der Waals surface area (Å²) in [4.78, 5) is 0. The standard InChI is InChI=1S/C11H20N4/c1-8-5-4-6-10(8)13-9(2)11-14-12-7-15(11)3/h7-10,13H,4-6H2,1-3H3. The molecule has 0 radical (unpaired) electrons. The Labute approximate surface area is 91.1 Å². The molecule has 3 unspecified atom stereocenters. The molecule has 1 saturated carbocycles. The van der Waals surface area contributed by atoms with Crippen LogP contribution in [-0.4, -0.2) is 20.8 Å². The molecule has 0 bridgehead atoms. The topological polar surface area (TPSA) is 42.7 Å². The molecule has 1 aliphatic rings. The van der Waals surface area contributed by atoms with E-state index in [2.05, 4.69) is 29.4 Å². The summed E-state index contributed by atoms with van der Waals surface area (Å²) in [7, 11) is 1.99. The van der Waals surface area contributed by atoms with Gasteiger partial charge in [0.15, 0.2) is 0 Å². The molecule has 4 heteroatoms. The maximum absolute atomic E-state index is 4.13. The Morgan fingerprint density at radius 2 is 2.33 bits per heavy atom. The maximum Gasteiger partial charge on any atom is 0.149 e. The quantitative estimate of drug-likeness (QED) is 0.821. The van der Waals surface area contributed by atoms with Crippen LogP contribution in [0.1, 0.15) is 45.0 Å². The Kier molecular flexibility index (Phi) is 3.05. The lowest BCUT2D eigenvalue weighted by Crippen LogP contribution is -2.34. The summed E-state index contributed by atoms with van der Waals surface area (Å²) >= 11 is 0. The van der Waals surface area contributed by atoms with E-state index in [4.69, 9.17) is 0 Å². The highest BCUT2D eigenvalue weighted by Crippen LogP contribution is 2.26. The Balaban J connectivity index is 1.97. The van der Waals surface area contributed by atoms with E-state index in [1.54, 1.807) is 6.33 Å². The smallest absolute Gasteiger partial charge is 0.149 e. The molecule has 0 spiro atoms. The predicted octanol–water partition coefficient (Wildman–Crippen LogP) is 1.65. The number of aryl methyl sites for hydroxylation is 1. The van der Waals surface area contributed by atoms with Crippen LogP contribution in [0.4, 0.5) is 0 Å². The van der Waals surface area contributed by atoms with Gasteiger partial charge in [-0.3, -0.25) is 0 Å². The first-order valence-electron chi connectivity index (χ1n) is 5.78. The van der Waals surface area contributed by atoms with Crippen molar-refractivity contribution in [3.8, 4) is 0 Å². The number of hydrogen-bond donors (Lipinski definition) is 1. The third-order valence-corrected chi connectivity index (χ3v) is 3.46. The largest absolute Gasteiger partial charge is 0.319 e. The van der Waals surface area contributed by atoms with Crippen LogP contribution in [0, 0.1) is 5.92 Å². The molecule has 1 heterocycles. The third kappa shape index (κ3) is 2.20. The van der Waals surface area contributed by atoms with Gasteiger partial charge in [-0.1, -0.05) is 13.3 Å². The molecule has 0 aliphatic heterocycles. The zero-order valence-corrected chi connectivity index (χ0v) is 9.77. The van der Waals surface area contributed by atoms with Crippen molar-refractivity contribution >= 4 is 0 Å². The molecule has 15 heavy (non-hydrogen) atoms. The molecule has 0 amide bonds. The second-order valence-corrected chi connectivity index (χ2v) is 4.70. The van der Waals surface area contributed by atoms with Crippen molar-refractivity contribution in [3.05, 3.63) is 12.2 Å². The highest BCUT2D eigenvalue weighted by atomic mass is 15.3. The van der Waals surface area contributed by atoms with Gasteiger partial charge in [0.05, 0.1) is 6.04 Å². The number of nitrogens with one attached hydrogen (secondary N) is 1. The normalized spacial score (nSPS) is 28.2. The van der Waals surface area contributed by atoms with Crippen LogP contribution < -0.4 is 5.32 Å². The van der Waals surface area contributed by atoms with Gasteiger partial charge in [-0.15, -0.1) is 10.2 Å². The average molecular weight is 208 g/mol. The summed E-state index contributed by atoms with van der Waals surface area (Å²) < 4.78 is 1.98. The molecular formula is C11H20N4. The Morgan fingerprint density at radius 3 is 2.87 bits per heavy atom. The molecule has 3 atom stereocenters. The average Bonchev–Trinajstić information content (AvgIpc) is 2.76. The maximum atomic E-state index is 4.13. The zero-order valence-electron chi connectivity index (χ0n) is 9.77. The van der Waals surface area contributed by atoms with Crippen LogP contribution in [-0.2, 0) is 7.05 Å². The van der Waals surface area contributed by atoms with Crippen molar-refractivity contribution in [1.82, 2.24) is 20.1 Å². The fourth-order valence-electron chi connectivity index (χ4n) is 2.47. The first-order chi connectivity index (χ1) is 7.18. The first-order valence-corrected chi connectivity index (χ1v) is 5.78. The van der Waals surface area contributed by atoms with E-state index in [-0.39, 0.29) is 0 Å². The summed E-state index contributed by atoms with van der Waals surface area (Å²) in [6.45, 7) is 4.49. The van der Waals surface area contributed by atoms with Gasteiger partial charge in [-0.2, -0.15) is 0 Å². The first kappa shape index (κ1) is 10.6. The van der Waals surface area contributed by atoms with Crippen LogP contribution in [0.5, 0.6) is 0 Å². The predicted molar refractivity (Wildman–Crippen MR) is 59.4 cm³/mol. The van der Waals surface area contributed by atoms with Gasteiger partial charge in [0.25, 0.3) is 0 Å². The van der Waals surface area contributed by atoms with Gasteiger partial charge in [0.2, 0.25) is 0 Å². The fraction of sp³-hybridized carbons (Fsp3) is 0.818. The molecular weight excluding hydrogens is 188 g/mol. The van der Waals surface area contributed by atoms with E-state index in [1.165, 1.54) is 19.3 Å². The van der Waals surface area contributed by atoms with Crippen molar-refractivity contribution in [2.45, 2.75) is 45.2 Å². The molecule has 1 aromatic rings. The van der Waals surface area contributed by atoms with Gasteiger partial charge in [-0.25, -0.2) is 0 Å². The monoisotopic (exact) mass is 208 g/mol. The van der Waals surface area contributed by atoms with Crippen molar-refractivity contribution in [3.63, 3.8) is 0 Å². The van der Waals surface area contributed by atoms with E-state index in [1.807, 2.05) is 11.6 Å². The Hall–Kier alpha value is -0.900. The Bertz CT molecular complexity index is 320. The van der Waals surface area contributed by atoms with Gasteiger partial charge >= 0.3 is 0 Å². The van der Waals surface area contributed by atoms with Gasteiger partial charge in [0, 0.05) is 13.1 Å². The minimum atomic E-state index is 0.294. The lowest BCUT2D eigenvalue weighted by atomic mass is 10.1. The molecule has 1 aromatic heterocycles. The van der Waals surface area contributed by atoms with Gasteiger partial charge in [-0.05, 0) is 25.7 Å². The van der Waals surface area contributed by atoms with Crippen molar-refractivity contribution in [2.24, 2.45) is 13.0 Å².